The lowest BCUT2D eigenvalue weighted by molar-refractivity contribution is -0.126. The number of rotatable bonds is 14. The highest BCUT2D eigenvalue weighted by molar-refractivity contribution is 5.82. The summed E-state index contributed by atoms with van der Waals surface area (Å²) in [5.41, 5.74) is 4.98. The van der Waals surface area contributed by atoms with E-state index in [0.717, 1.165) is 38.5 Å². The standard InChI is InChI=1S/C36H49NO3/c1-2-3-4-5-6-7-8-9-10-11-23-35(38)27-24-28-17-16-18-29(25-27)37(28)36(39)40-26-34-32-21-14-12-19-30(32)31-20-13-15-22-33(31)34/h12-15,19-22,27-29,34H,2-11,16-18,23-26H2,1H3. The van der Waals surface area contributed by atoms with E-state index in [1.165, 1.54) is 80.0 Å². The van der Waals surface area contributed by atoms with Crippen molar-refractivity contribution in [2.24, 2.45) is 5.92 Å². The number of Topliss-reactive ketones (excluding diaryl/α,β-unsaturated/α-hetero) is 1. The number of unbranched alkanes of at least 4 members (excludes halogenated alkanes) is 9. The van der Waals surface area contributed by atoms with Crippen LogP contribution in [0.15, 0.2) is 48.5 Å². The molecule has 1 amide bonds. The van der Waals surface area contributed by atoms with E-state index < -0.39 is 0 Å². The highest BCUT2D eigenvalue weighted by atomic mass is 16.6. The molecule has 0 saturated carbocycles. The average Bonchev–Trinajstić information content (AvgIpc) is 3.29. The van der Waals surface area contributed by atoms with Crippen LogP contribution in [0.25, 0.3) is 11.1 Å². The fourth-order valence-electron chi connectivity index (χ4n) is 7.60. The van der Waals surface area contributed by atoms with E-state index in [0.29, 0.717) is 18.8 Å². The number of ketones is 1. The Bertz CT molecular complexity index is 1070. The van der Waals surface area contributed by atoms with Crippen molar-refractivity contribution in [3.8, 4) is 11.1 Å². The van der Waals surface area contributed by atoms with Crippen molar-refractivity contribution in [1.29, 1.82) is 0 Å². The van der Waals surface area contributed by atoms with Gasteiger partial charge in [-0.05, 0) is 60.8 Å². The van der Waals surface area contributed by atoms with Crippen molar-refractivity contribution in [3.05, 3.63) is 59.7 Å². The van der Waals surface area contributed by atoms with Gasteiger partial charge in [-0.2, -0.15) is 0 Å². The van der Waals surface area contributed by atoms with Crippen molar-refractivity contribution in [3.63, 3.8) is 0 Å². The van der Waals surface area contributed by atoms with Gasteiger partial charge in [0.2, 0.25) is 0 Å². The predicted molar refractivity (Wildman–Crippen MR) is 163 cm³/mol. The Morgan fingerprint density at radius 1 is 0.750 bits per heavy atom. The molecule has 2 unspecified atom stereocenters. The van der Waals surface area contributed by atoms with Gasteiger partial charge in [0.05, 0.1) is 0 Å². The number of carbonyl (C=O) groups excluding carboxylic acids is 2. The zero-order valence-corrected chi connectivity index (χ0v) is 24.6. The van der Waals surface area contributed by atoms with Crippen LogP contribution in [0, 0.1) is 5.92 Å². The first-order chi connectivity index (χ1) is 19.7. The molecule has 0 radical (unpaired) electrons. The smallest absolute Gasteiger partial charge is 0.410 e. The van der Waals surface area contributed by atoms with Crippen LogP contribution in [0.2, 0.25) is 0 Å². The largest absolute Gasteiger partial charge is 0.448 e. The molecule has 4 nitrogen and oxygen atoms in total. The molecule has 2 bridgehead atoms. The molecule has 3 aliphatic rings. The van der Waals surface area contributed by atoms with E-state index in [2.05, 4.69) is 55.5 Å². The minimum Gasteiger partial charge on any atom is -0.448 e. The summed E-state index contributed by atoms with van der Waals surface area (Å²) in [4.78, 5) is 28.6. The van der Waals surface area contributed by atoms with Crippen molar-refractivity contribution in [2.45, 2.75) is 128 Å². The van der Waals surface area contributed by atoms with Crippen LogP contribution in [0.5, 0.6) is 0 Å². The van der Waals surface area contributed by atoms with Gasteiger partial charge < -0.3 is 9.64 Å². The Balaban J connectivity index is 1.07. The second-order valence-electron chi connectivity index (χ2n) is 12.5. The van der Waals surface area contributed by atoms with Crippen LogP contribution in [-0.4, -0.2) is 35.5 Å². The maximum Gasteiger partial charge on any atom is 0.410 e. The third kappa shape index (κ3) is 6.81. The van der Waals surface area contributed by atoms with Gasteiger partial charge in [0.1, 0.15) is 12.4 Å². The average molecular weight is 544 g/mol. The van der Waals surface area contributed by atoms with Gasteiger partial charge in [0.25, 0.3) is 0 Å². The third-order valence-electron chi connectivity index (χ3n) is 9.75. The van der Waals surface area contributed by atoms with Gasteiger partial charge in [0.15, 0.2) is 0 Å². The number of piperidine rings is 2. The van der Waals surface area contributed by atoms with E-state index >= 15 is 0 Å². The van der Waals surface area contributed by atoms with Gasteiger partial charge >= 0.3 is 6.09 Å². The predicted octanol–water partition coefficient (Wildman–Crippen LogP) is 9.45. The normalized spacial score (nSPS) is 21.6. The summed E-state index contributed by atoms with van der Waals surface area (Å²) in [7, 11) is 0. The molecule has 2 aromatic rings. The number of ether oxygens (including phenoxy) is 1. The molecule has 216 valence electrons. The van der Waals surface area contributed by atoms with Crippen molar-refractivity contribution < 1.29 is 14.3 Å². The van der Waals surface area contributed by atoms with Crippen LogP contribution in [0.4, 0.5) is 4.79 Å². The van der Waals surface area contributed by atoms with Crippen molar-refractivity contribution in [1.82, 2.24) is 4.90 Å². The van der Waals surface area contributed by atoms with Crippen molar-refractivity contribution in [2.75, 3.05) is 6.61 Å². The zero-order chi connectivity index (χ0) is 27.7. The van der Waals surface area contributed by atoms with Crippen LogP contribution in [0.3, 0.4) is 0 Å². The summed E-state index contributed by atoms with van der Waals surface area (Å²) >= 11 is 0. The molecule has 0 aromatic heterocycles. The minimum atomic E-state index is -0.183. The number of hydrogen-bond donors (Lipinski definition) is 0. The lowest BCUT2D eigenvalue weighted by atomic mass is 9.76. The summed E-state index contributed by atoms with van der Waals surface area (Å²) in [5.74, 6) is 0.631. The summed E-state index contributed by atoms with van der Waals surface area (Å²) in [6.07, 6.45) is 18.2. The molecule has 2 fully saturated rings. The number of hydrogen-bond acceptors (Lipinski definition) is 3. The van der Waals surface area contributed by atoms with E-state index in [9.17, 15) is 9.59 Å². The third-order valence-corrected chi connectivity index (χ3v) is 9.75. The second kappa shape index (κ2) is 14.3. The quantitative estimate of drug-likeness (QED) is 0.223. The Morgan fingerprint density at radius 3 is 1.85 bits per heavy atom. The number of amides is 1. The monoisotopic (exact) mass is 543 g/mol. The number of fused-ring (bicyclic) bond motifs is 5. The van der Waals surface area contributed by atoms with Crippen LogP contribution < -0.4 is 0 Å². The first kappa shape index (κ1) is 28.9. The zero-order valence-electron chi connectivity index (χ0n) is 24.6. The highest BCUT2D eigenvalue weighted by Gasteiger charge is 2.43. The Hall–Kier alpha value is -2.62. The molecule has 2 aromatic carbocycles. The number of nitrogens with zero attached hydrogens (tertiary/aromatic N) is 1. The molecule has 1 aliphatic carbocycles. The fraction of sp³-hybridized carbons (Fsp3) is 0.611. The van der Waals surface area contributed by atoms with Crippen LogP contribution in [-0.2, 0) is 9.53 Å². The Morgan fingerprint density at radius 2 is 1.27 bits per heavy atom. The maximum atomic E-state index is 13.5. The summed E-state index contributed by atoms with van der Waals surface area (Å²) in [6, 6.07) is 17.2. The molecule has 0 N–H and O–H groups in total. The number of benzene rings is 2. The van der Waals surface area contributed by atoms with Gasteiger partial charge in [-0.25, -0.2) is 4.79 Å². The van der Waals surface area contributed by atoms with E-state index in [-0.39, 0.29) is 30.0 Å². The van der Waals surface area contributed by atoms with E-state index in [4.69, 9.17) is 4.74 Å². The first-order valence-electron chi connectivity index (χ1n) is 16.3. The summed E-state index contributed by atoms with van der Waals surface area (Å²) in [6.45, 7) is 2.63. The van der Waals surface area contributed by atoms with Crippen LogP contribution in [0.1, 0.15) is 127 Å². The first-order valence-corrected chi connectivity index (χ1v) is 16.3. The van der Waals surface area contributed by atoms with Gasteiger partial charge in [-0.1, -0.05) is 113 Å². The van der Waals surface area contributed by atoms with Gasteiger partial charge in [0, 0.05) is 30.3 Å². The molecular formula is C36H49NO3. The molecular weight excluding hydrogens is 494 g/mol. The molecule has 4 heteroatoms. The van der Waals surface area contributed by atoms with Gasteiger partial charge in [-0.15, -0.1) is 0 Å². The second-order valence-corrected chi connectivity index (χ2v) is 12.5. The Kier molecular flexibility index (Phi) is 10.3. The Labute approximate surface area is 241 Å². The van der Waals surface area contributed by atoms with Crippen LogP contribution >= 0.6 is 0 Å². The van der Waals surface area contributed by atoms with Gasteiger partial charge in [-0.3, -0.25) is 4.79 Å². The number of carbonyl (C=O) groups is 2. The molecule has 0 spiro atoms. The molecule has 2 atom stereocenters. The fourth-order valence-corrected chi connectivity index (χ4v) is 7.60. The molecule has 2 aliphatic heterocycles. The molecule has 5 rings (SSSR count). The maximum absolute atomic E-state index is 13.5. The lowest BCUT2D eigenvalue weighted by Crippen LogP contribution is -2.55. The lowest BCUT2D eigenvalue weighted by Gasteiger charge is -2.47. The highest BCUT2D eigenvalue weighted by Crippen LogP contribution is 2.45. The van der Waals surface area contributed by atoms with Crippen molar-refractivity contribution >= 4 is 11.9 Å². The molecule has 2 saturated heterocycles. The SMILES string of the molecule is CCCCCCCCCCCCC(=O)C1CC2CCCC(C1)N2C(=O)OCC1c2ccccc2-c2ccccc21. The summed E-state index contributed by atoms with van der Waals surface area (Å²) in [5, 5.41) is 0. The molecule has 2 heterocycles. The minimum absolute atomic E-state index is 0.0800. The summed E-state index contributed by atoms with van der Waals surface area (Å²) < 4.78 is 6.05. The van der Waals surface area contributed by atoms with E-state index in [1.807, 2.05) is 4.90 Å². The topological polar surface area (TPSA) is 46.6 Å². The molecule has 40 heavy (non-hydrogen) atoms. The van der Waals surface area contributed by atoms with E-state index in [1.54, 1.807) is 0 Å².